The Bertz CT molecular complexity index is 410. The maximum absolute atomic E-state index is 11.6. The van der Waals surface area contributed by atoms with Crippen LogP contribution < -0.4 is 0 Å². The molecule has 0 amide bonds. The van der Waals surface area contributed by atoms with E-state index < -0.39 is 0 Å². The molecule has 0 radical (unpaired) electrons. The molecule has 0 spiro atoms. The van der Waals surface area contributed by atoms with E-state index in [0.29, 0.717) is 11.1 Å². The number of carbonyl (C=O) groups excluding carboxylic acids is 1. The maximum Gasteiger partial charge on any atom is 0.187 e. The number of allylic oxidation sites excluding steroid dienone is 1. The predicted molar refractivity (Wildman–Crippen MR) is 58.3 cm³/mol. The number of benzene rings is 1. The van der Waals surface area contributed by atoms with Crippen molar-refractivity contribution in [2.45, 2.75) is 0 Å². The first-order chi connectivity index (χ1) is 7.13. The number of hydrogen-bond donors (Lipinski definition) is 0. The lowest BCUT2D eigenvalue weighted by atomic mass is 10.1. The standard InChI is InChI=1S/C12H12N2O/c1-14(2)8-7-12(15)11-5-3-10(9-13)4-6-11/h3-8H,1-2H3. The molecule has 1 aromatic rings. The fourth-order valence-electron chi connectivity index (χ4n) is 1.02. The molecule has 0 N–H and O–H groups in total. The van der Waals surface area contributed by atoms with Gasteiger partial charge in [0.1, 0.15) is 0 Å². The molecule has 0 saturated heterocycles. The van der Waals surface area contributed by atoms with E-state index in [9.17, 15) is 4.79 Å². The summed E-state index contributed by atoms with van der Waals surface area (Å²) in [6, 6.07) is 8.58. The molecule has 3 heteroatoms. The normalized spacial score (nSPS) is 9.93. The highest BCUT2D eigenvalue weighted by molar-refractivity contribution is 6.04. The van der Waals surface area contributed by atoms with Crippen LogP contribution in [0.1, 0.15) is 15.9 Å². The summed E-state index contributed by atoms with van der Waals surface area (Å²) in [5, 5.41) is 8.59. The molecule has 0 heterocycles. The number of rotatable bonds is 3. The molecule has 0 unspecified atom stereocenters. The molecule has 15 heavy (non-hydrogen) atoms. The molecule has 3 nitrogen and oxygen atoms in total. The van der Waals surface area contributed by atoms with Crippen LogP contribution in [0.5, 0.6) is 0 Å². The molecular weight excluding hydrogens is 188 g/mol. The third-order valence-electron chi connectivity index (χ3n) is 1.82. The molecule has 0 saturated carbocycles. The zero-order valence-electron chi connectivity index (χ0n) is 8.77. The Labute approximate surface area is 89.2 Å². The summed E-state index contributed by atoms with van der Waals surface area (Å²) in [7, 11) is 3.70. The van der Waals surface area contributed by atoms with Gasteiger partial charge in [0.25, 0.3) is 0 Å². The van der Waals surface area contributed by atoms with Gasteiger partial charge < -0.3 is 4.90 Å². The van der Waals surface area contributed by atoms with Crippen LogP contribution in [0.15, 0.2) is 36.5 Å². The van der Waals surface area contributed by atoms with Crippen LogP contribution in [0.3, 0.4) is 0 Å². The minimum Gasteiger partial charge on any atom is -0.383 e. The van der Waals surface area contributed by atoms with E-state index in [1.54, 1.807) is 35.4 Å². The van der Waals surface area contributed by atoms with Crippen LogP contribution in [0.2, 0.25) is 0 Å². The third kappa shape index (κ3) is 3.28. The van der Waals surface area contributed by atoms with Crippen molar-refractivity contribution >= 4 is 5.78 Å². The average Bonchev–Trinajstić information content (AvgIpc) is 2.26. The number of nitrogens with zero attached hydrogens (tertiary/aromatic N) is 2. The van der Waals surface area contributed by atoms with Crippen molar-refractivity contribution in [1.29, 1.82) is 5.26 Å². The Kier molecular flexibility index (Phi) is 3.64. The van der Waals surface area contributed by atoms with Crippen LogP contribution in [-0.4, -0.2) is 24.8 Å². The van der Waals surface area contributed by atoms with Crippen molar-refractivity contribution in [2.24, 2.45) is 0 Å². The molecule has 0 aliphatic rings. The van der Waals surface area contributed by atoms with Crippen molar-refractivity contribution in [3.63, 3.8) is 0 Å². The Morgan fingerprint density at radius 3 is 2.40 bits per heavy atom. The number of ketones is 1. The van der Waals surface area contributed by atoms with Crippen molar-refractivity contribution in [1.82, 2.24) is 4.90 Å². The number of hydrogen-bond acceptors (Lipinski definition) is 3. The highest BCUT2D eigenvalue weighted by Crippen LogP contribution is 2.04. The third-order valence-corrected chi connectivity index (χ3v) is 1.82. The first-order valence-electron chi connectivity index (χ1n) is 4.52. The lowest BCUT2D eigenvalue weighted by Gasteiger charge is -2.02. The minimum atomic E-state index is -0.0619. The maximum atomic E-state index is 11.6. The topological polar surface area (TPSA) is 44.1 Å². The Hall–Kier alpha value is -2.08. The molecule has 1 rings (SSSR count). The zero-order valence-corrected chi connectivity index (χ0v) is 8.77. The Morgan fingerprint density at radius 2 is 1.93 bits per heavy atom. The van der Waals surface area contributed by atoms with Crippen molar-refractivity contribution < 1.29 is 4.79 Å². The largest absolute Gasteiger partial charge is 0.383 e. The second kappa shape index (κ2) is 4.97. The van der Waals surface area contributed by atoms with Crippen molar-refractivity contribution in [3.8, 4) is 6.07 Å². The second-order valence-electron chi connectivity index (χ2n) is 3.33. The van der Waals surface area contributed by atoms with Gasteiger partial charge in [0, 0.05) is 31.9 Å². The first kappa shape index (κ1) is 11.0. The van der Waals surface area contributed by atoms with Crippen LogP contribution in [0.4, 0.5) is 0 Å². The number of nitriles is 1. The molecule has 0 aliphatic heterocycles. The first-order valence-corrected chi connectivity index (χ1v) is 4.52. The van der Waals surface area contributed by atoms with Crippen molar-refractivity contribution in [2.75, 3.05) is 14.1 Å². The molecule has 0 aromatic heterocycles. The summed E-state index contributed by atoms with van der Waals surface area (Å²) in [6.45, 7) is 0. The van der Waals surface area contributed by atoms with Gasteiger partial charge in [-0.1, -0.05) is 0 Å². The quantitative estimate of drug-likeness (QED) is 0.552. The highest BCUT2D eigenvalue weighted by Gasteiger charge is 2.00. The van der Waals surface area contributed by atoms with Gasteiger partial charge in [-0.25, -0.2) is 0 Å². The van der Waals surface area contributed by atoms with Crippen molar-refractivity contribution in [3.05, 3.63) is 47.7 Å². The monoisotopic (exact) mass is 200 g/mol. The van der Waals surface area contributed by atoms with Crippen LogP contribution in [-0.2, 0) is 0 Å². The molecule has 0 aliphatic carbocycles. The average molecular weight is 200 g/mol. The summed E-state index contributed by atoms with van der Waals surface area (Å²) in [5.74, 6) is -0.0619. The van der Waals surface area contributed by atoms with Gasteiger partial charge in [-0.15, -0.1) is 0 Å². The second-order valence-corrected chi connectivity index (χ2v) is 3.33. The molecule has 1 aromatic carbocycles. The van der Waals surface area contributed by atoms with Gasteiger partial charge in [0.15, 0.2) is 5.78 Å². The Morgan fingerprint density at radius 1 is 1.33 bits per heavy atom. The predicted octanol–water partition coefficient (Wildman–Crippen LogP) is 1.82. The summed E-state index contributed by atoms with van der Waals surface area (Å²) >= 11 is 0. The molecule has 76 valence electrons. The summed E-state index contributed by atoms with van der Waals surface area (Å²) in [6.07, 6.45) is 3.20. The number of carbonyl (C=O) groups is 1. The molecule has 0 fully saturated rings. The molecule has 0 atom stereocenters. The van der Waals surface area contributed by atoms with Gasteiger partial charge in [-0.05, 0) is 24.3 Å². The summed E-state index contributed by atoms with van der Waals surface area (Å²) in [4.78, 5) is 13.3. The van der Waals surface area contributed by atoms with Crippen LogP contribution in [0, 0.1) is 11.3 Å². The van der Waals surface area contributed by atoms with Gasteiger partial charge in [-0.2, -0.15) is 5.26 Å². The summed E-state index contributed by atoms with van der Waals surface area (Å²) < 4.78 is 0. The minimum absolute atomic E-state index is 0.0619. The fourth-order valence-corrected chi connectivity index (χ4v) is 1.02. The van der Waals surface area contributed by atoms with E-state index in [4.69, 9.17) is 5.26 Å². The lowest BCUT2D eigenvalue weighted by Crippen LogP contribution is -2.03. The van der Waals surface area contributed by atoms with E-state index in [1.807, 2.05) is 20.2 Å². The molecule has 0 bridgehead atoms. The van der Waals surface area contributed by atoms with E-state index >= 15 is 0 Å². The van der Waals surface area contributed by atoms with Gasteiger partial charge in [0.05, 0.1) is 11.6 Å². The molecular formula is C12H12N2O. The van der Waals surface area contributed by atoms with E-state index in [-0.39, 0.29) is 5.78 Å². The van der Waals surface area contributed by atoms with E-state index in [0.717, 1.165) is 0 Å². The van der Waals surface area contributed by atoms with E-state index in [1.165, 1.54) is 6.08 Å². The Balaban J connectivity index is 2.80. The van der Waals surface area contributed by atoms with E-state index in [2.05, 4.69) is 0 Å². The van der Waals surface area contributed by atoms with Gasteiger partial charge in [0.2, 0.25) is 0 Å². The van der Waals surface area contributed by atoms with Gasteiger partial charge in [-0.3, -0.25) is 4.79 Å². The zero-order chi connectivity index (χ0) is 11.3. The smallest absolute Gasteiger partial charge is 0.187 e. The fraction of sp³-hybridized carbons (Fsp3) is 0.167. The van der Waals surface area contributed by atoms with Gasteiger partial charge >= 0.3 is 0 Å². The highest BCUT2D eigenvalue weighted by atomic mass is 16.1. The lowest BCUT2D eigenvalue weighted by molar-refractivity contribution is 0.104. The SMILES string of the molecule is CN(C)C=CC(=O)c1ccc(C#N)cc1. The van der Waals surface area contributed by atoms with Crippen LogP contribution >= 0.6 is 0 Å². The summed E-state index contributed by atoms with van der Waals surface area (Å²) in [5.41, 5.74) is 1.15. The van der Waals surface area contributed by atoms with Crippen LogP contribution in [0.25, 0.3) is 0 Å².